The molecule has 4 heteroatoms. The third-order valence-electron chi connectivity index (χ3n) is 9.95. The Balaban J connectivity index is 3.50. The van der Waals surface area contributed by atoms with E-state index in [1.807, 2.05) is 6.08 Å². The van der Waals surface area contributed by atoms with Gasteiger partial charge in [-0.25, -0.2) is 0 Å². The van der Waals surface area contributed by atoms with Crippen LogP contribution in [0.4, 0.5) is 0 Å². The van der Waals surface area contributed by atoms with Gasteiger partial charge < -0.3 is 15.5 Å². The fourth-order valence-electron chi connectivity index (χ4n) is 6.50. The molecule has 0 saturated heterocycles. The van der Waals surface area contributed by atoms with Gasteiger partial charge in [0.15, 0.2) is 0 Å². The van der Waals surface area contributed by atoms with Gasteiger partial charge in [-0.3, -0.25) is 4.79 Å². The van der Waals surface area contributed by atoms with E-state index in [1.54, 1.807) is 6.08 Å². The summed E-state index contributed by atoms with van der Waals surface area (Å²) in [5, 5.41) is 22.9. The van der Waals surface area contributed by atoms with Gasteiger partial charge in [0, 0.05) is 6.42 Å². The van der Waals surface area contributed by atoms with Crippen molar-refractivity contribution in [3.8, 4) is 0 Å². The number of amides is 1. The zero-order valence-electron chi connectivity index (χ0n) is 35.0. The van der Waals surface area contributed by atoms with Gasteiger partial charge in [-0.2, -0.15) is 0 Å². The van der Waals surface area contributed by atoms with Crippen LogP contribution in [-0.2, 0) is 4.79 Å². The average Bonchev–Trinajstić information content (AvgIpc) is 3.16. The predicted octanol–water partition coefficient (Wildman–Crippen LogP) is 14.3. The van der Waals surface area contributed by atoms with E-state index in [0.717, 1.165) is 57.8 Å². The monoisotopic (exact) mass is 738 g/mol. The van der Waals surface area contributed by atoms with Crippen molar-refractivity contribution in [3.05, 3.63) is 72.9 Å². The van der Waals surface area contributed by atoms with Gasteiger partial charge in [0.2, 0.25) is 5.91 Å². The van der Waals surface area contributed by atoms with Gasteiger partial charge in [0.25, 0.3) is 0 Å². The van der Waals surface area contributed by atoms with E-state index in [9.17, 15) is 15.0 Å². The molecule has 0 aromatic rings. The molecule has 0 aromatic heterocycles. The normalized spacial score (nSPS) is 13.7. The van der Waals surface area contributed by atoms with Crippen LogP contribution >= 0.6 is 0 Å². The first-order valence-electron chi connectivity index (χ1n) is 22.7. The molecule has 0 fully saturated rings. The van der Waals surface area contributed by atoms with Gasteiger partial charge in [0.05, 0.1) is 18.8 Å². The Morgan fingerprint density at radius 2 is 0.830 bits per heavy atom. The summed E-state index contributed by atoms with van der Waals surface area (Å²) in [6.07, 6.45) is 63.1. The molecule has 1 amide bonds. The number of rotatable bonds is 40. The van der Waals surface area contributed by atoms with Gasteiger partial charge in [-0.1, -0.05) is 215 Å². The molecule has 2 atom stereocenters. The van der Waals surface area contributed by atoms with Crippen LogP contribution in [0.3, 0.4) is 0 Å². The molecule has 3 N–H and O–H groups in total. The lowest BCUT2D eigenvalue weighted by atomic mass is 10.0. The Morgan fingerprint density at radius 1 is 0.472 bits per heavy atom. The van der Waals surface area contributed by atoms with Crippen LogP contribution < -0.4 is 5.32 Å². The standard InChI is InChI=1S/C49H87NO3/c1-3-5-7-9-11-13-15-16-17-18-19-20-21-22-23-24-25-26-27-28-29-30-31-32-33-34-35-37-39-41-43-45-49(53)50-47(46-51)48(52)44-42-40-38-36-14-12-10-8-6-4-2/h5,7,11,13,16-17,19-20,22-23,42,44,47-48,51-52H,3-4,6,8-10,12,14-15,18,21,24-41,43,45-46H2,1-2H3,(H,50,53)/b7-5-,13-11-,17-16-,20-19-,23-22-,44-42+. The number of aliphatic hydroxyl groups is 2. The van der Waals surface area contributed by atoms with Crippen molar-refractivity contribution in [1.29, 1.82) is 0 Å². The van der Waals surface area contributed by atoms with Crippen LogP contribution in [0, 0.1) is 0 Å². The molecule has 2 unspecified atom stereocenters. The van der Waals surface area contributed by atoms with E-state index >= 15 is 0 Å². The Labute approximate surface area is 329 Å². The van der Waals surface area contributed by atoms with E-state index in [1.165, 1.54) is 135 Å². The van der Waals surface area contributed by atoms with Crippen molar-refractivity contribution in [2.75, 3.05) is 6.61 Å². The lowest BCUT2D eigenvalue weighted by Crippen LogP contribution is -2.45. The minimum absolute atomic E-state index is 0.0686. The minimum Gasteiger partial charge on any atom is -0.394 e. The molecule has 306 valence electrons. The van der Waals surface area contributed by atoms with E-state index in [0.29, 0.717) is 6.42 Å². The Hall–Kier alpha value is -2.17. The molecule has 0 heterocycles. The first-order valence-corrected chi connectivity index (χ1v) is 22.7. The fraction of sp³-hybridized carbons (Fsp3) is 0.735. The minimum atomic E-state index is -0.839. The zero-order valence-corrected chi connectivity index (χ0v) is 35.0. The van der Waals surface area contributed by atoms with E-state index < -0.39 is 12.1 Å². The van der Waals surface area contributed by atoms with Crippen molar-refractivity contribution >= 4 is 5.91 Å². The summed E-state index contributed by atoms with van der Waals surface area (Å²) in [4.78, 5) is 12.4. The van der Waals surface area contributed by atoms with Crippen LogP contribution in [0.5, 0.6) is 0 Å². The number of nitrogens with one attached hydrogen (secondary N) is 1. The van der Waals surface area contributed by atoms with Gasteiger partial charge in [-0.15, -0.1) is 0 Å². The van der Waals surface area contributed by atoms with Crippen molar-refractivity contribution in [2.24, 2.45) is 0 Å². The first-order chi connectivity index (χ1) is 26.2. The molecule has 53 heavy (non-hydrogen) atoms. The summed E-state index contributed by atoms with van der Waals surface area (Å²) in [6, 6.07) is -0.622. The van der Waals surface area contributed by atoms with Crippen LogP contribution in [0.25, 0.3) is 0 Å². The molecule has 0 aliphatic heterocycles. The number of hydrogen-bond donors (Lipinski definition) is 3. The topological polar surface area (TPSA) is 69.6 Å². The molecule has 0 spiro atoms. The summed E-state index contributed by atoms with van der Waals surface area (Å²) in [5.74, 6) is -0.0686. The van der Waals surface area contributed by atoms with E-state index in [-0.39, 0.29) is 12.5 Å². The molecule has 0 radical (unpaired) electrons. The van der Waals surface area contributed by atoms with E-state index in [2.05, 4.69) is 79.9 Å². The molecule has 0 aromatic carbocycles. The second-order valence-electron chi connectivity index (χ2n) is 15.1. The maximum Gasteiger partial charge on any atom is 0.220 e. The molecule has 4 nitrogen and oxygen atoms in total. The highest BCUT2D eigenvalue weighted by atomic mass is 16.3. The smallest absolute Gasteiger partial charge is 0.220 e. The SMILES string of the molecule is CC/C=C\C/C=C\C/C=C\C/C=C\C/C=C\CCCCCCCCCCCCCCCCCC(=O)NC(CO)C(O)/C=C/CCCCCCCCCC. The summed E-state index contributed by atoms with van der Waals surface area (Å²) >= 11 is 0. The lowest BCUT2D eigenvalue weighted by Gasteiger charge is -2.20. The van der Waals surface area contributed by atoms with Crippen molar-refractivity contribution in [3.63, 3.8) is 0 Å². The third kappa shape index (κ3) is 40.8. The Bertz CT molecular complexity index is 930. The fourth-order valence-corrected chi connectivity index (χ4v) is 6.50. The molecular weight excluding hydrogens is 651 g/mol. The van der Waals surface area contributed by atoms with Crippen LogP contribution in [-0.4, -0.2) is 34.9 Å². The number of unbranched alkanes of at least 4 members (excludes halogenated alkanes) is 23. The lowest BCUT2D eigenvalue weighted by molar-refractivity contribution is -0.123. The number of allylic oxidation sites excluding steroid dienone is 11. The highest BCUT2D eigenvalue weighted by Gasteiger charge is 2.17. The number of hydrogen-bond acceptors (Lipinski definition) is 3. The van der Waals surface area contributed by atoms with Crippen LogP contribution in [0.15, 0.2) is 72.9 Å². The second-order valence-corrected chi connectivity index (χ2v) is 15.1. The summed E-state index contributed by atoms with van der Waals surface area (Å²) in [5.41, 5.74) is 0. The maximum absolute atomic E-state index is 12.4. The maximum atomic E-state index is 12.4. The van der Waals surface area contributed by atoms with Crippen LogP contribution in [0.2, 0.25) is 0 Å². The van der Waals surface area contributed by atoms with E-state index in [4.69, 9.17) is 0 Å². The highest BCUT2D eigenvalue weighted by molar-refractivity contribution is 5.76. The quantitative estimate of drug-likeness (QED) is 0.0433. The molecule has 0 bridgehead atoms. The predicted molar refractivity (Wildman–Crippen MR) is 234 cm³/mol. The first kappa shape index (κ1) is 50.8. The van der Waals surface area contributed by atoms with Gasteiger partial charge in [-0.05, 0) is 64.2 Å². The average molecular weight is 738 g/mol. The Morgan fingerprint density at radius 3 is 1.25 bits per heavy atom. The second kappa shape index (κ2) is 44.2. The molecule has 0 aliphatic rings. The molecule has 0 saturated carbocycles. The van der Waals surface area contributed by atoms with Crippen molar-refractivity contribution in [2.45, 2.75) is 225 Å². The number of carbonyl (C=O) groups excluding carboxylic acids is 1. The van der Waals surface area contributed by atoms with Crippen LogP contribution in [0.1, 0.15) is 213 Å². The molecule has 0 aliphatic carbocycles. The number of carbonyl (C=O) groups is 1. The Kier molecular flexibility index (Phi) is 42.4. The highest BCUT2D eigenvalue weighted by Crippen LogP contribution is 2.15. The van der Waals surface area contributed by atoms with Gasteiger partial charge >= 0.3 is 0 Å². The largest absolute Gasteiger partial charge is 0.394 e. The molecular formula is C49H87NO3. The van der Waals surface area contributed by atoms with Gasteiger partial charge in [0.1, 0.15) is 0 Å². The van der Waals surface area contributed by atoms with Crippen molar-refractivity contribution < 1.29 is 15.0 Å². The third-order valence-corrected chi connectivity index (χ3v) is 9.95. The molecule has 0 rings (SSSR count). The zero-order chi connectivity index (χ0) is 38.6. The summed E-state index contributed by atoms with van der Waals surface area (Å²) < 4.78 is 0. The summed E-state index contributed by atoms with van der Waals surface area (Å²) in [6.45, 7) is 4.17. The summed E-state index contributed by atoms with van der Waals surface area (Å²) in [7, 11) is 0. The number of aliphatic hydroxyl groups excluding tert-OH is 2. The van der Waals surface area contributed by atoms with Crippen molar-refractivity contribution in [1.82, 2.24) is 5.32 Å².